The summed E-state index contributed by atoms with van der Waals surface area (Å²) in [6.07, 6.45) is 2.59. The van der Waals surface area contributed by atoms with Gasteiger partial charge in [-0.2, -0.15) is 13.2 Å². The number of anilines is 1. The zero-order valence-electron chi connectivity index (χ0n) is 20.4. The first-order valence-corrected chi connectivity index (χ1v) is 13.9. The van der Waals surface area contributed by atoms with E-state index in [4.69, 9.17) is 0 Å². The Morgan fingerprint density at radius 3 is 2.59 bits per heavy atom. The largest absolute Gasteiger partial charge is 0.404 e. The van der Waals surface area contributed by atoms with Crippen LogP contribution in [0.5, 0.6) is 0 Å². The Labute approximate surface area is 215 Å². The first-order valence-electron chi connectivity index (χ1n) is 12.3. The minimum atomic E-state index is -4.81. The fourth-order valence-corrected chi connectivity index (χ4v) is 6.94. The Morgan fingerprint density at radius 2 is 1.89 bits per heavy atom. The van der Waals surface area contributed by atoms with Crippen LogP contribution in [0.1, 0.15) is 25.5 Å². The van der Waals surface area contributed by atoms with Crippen LogP contribution in [0.25, 0.3) is 0 Å². The van der Waals surface area contributed by atoms with Crippen LogP contribution in [0, 0.1) is 11.8 Å². The lowest BCUT2D eigenvalue weighted by Crippen LogP contribution is -2.42. The maximum atomic E-state index is 13.2. The maximum Gasteiger partial charge on any atom is 0.404 e. The van der Waals surface area contributed by atoms with E-state index >= 15 is 0 Å². The molecule has 0 bridgehead atoms. The van der Waals surface area contributed by atoms with Crippen molar-refractivity contribution in [3.05, 3.63) is 95.1 Å². The van der Waals surface area contributed by atoms with E-state index in [1.54, 1.807) is 24.4 Å². The number of alkyl halides is 3. The standard InChI is InChI=1S/C27H29F3N4O2S/c1-19-24-16-32-34(23-8-3-2-4-9-23)25(24)15-20-10-11-21(26(19)20)17-33(37(35,36)18-27(28,29)30)14-12-22-7-5-6-13-31-22/h2-9,13,15-16,19,21,32H,10-12,14,17-18H2,1H3/t19-,21+/m0/s1. The Bertz CT molecular complexity index is 1340. The minimum absolute atomic E-state index is 0.0201. The van der Waals surface area contributed by atoms with Gasteiger partial charge < -0.3 is 5.43 Å². The van der Waals surface area contributed by atoms with Crippen LogP contribution >= 0.6 is 0 Å². The number of aromatic nitrogens is 1. The fraction of sp³-hybridized carbons (Fsp3) is 0.370. The van der Waals surface area contributed by atoms with E-state index in [1.165, 1.54) is 0 Å². The summed E-state index contributed by atoms with van der Waals surface area (Å²) < 4.78 is 66.4. The highest BCUT2D eigenvalue weighted by atomic mass is 32.2. The highest BCUT2D eigenvalue weighted by Crippen LogP contribution is 2.48. The van der Waals surface area contributed by atoms with Gasteiger partial charge in [-0.3, -0.25) is 9.99 Å². The predicted octanol–water partition coefficient (Wildman–Crippen LogP) is 4.97. The third-order valence-electron chi connectivity index (χ3n) is 7.22. The topological polar surface area (TPSA) is 65.5 Å². The second-order valence-electron chi connectivity index (χ2n) is 9.67. The van der Waals surface area contributed by atoms with Crippen LogP contribution in [0.3, 0.4) is 0 Å². The highest BCUT2D eigenvalue weighted by Gasteiger charge is 2.42. The van der Waals surface area contributed by atoms with Crippen LogP contribution in [-0.2, 0) is 16.4 Å². The van der Waals surface area contributed by atoms with Crippen molar-refractivity contribution in [2.75, 3.05) is 23.9 Å². The van der Waals surface area contributed by atoms with Gasteiger partial charge in [-0.1, -0.05) is 36.8 Å². The Kier molecular flexibility index (Phi) is 6.89. The molecular formula is C27H29F3N4O2S. The number of sulfonamides is 1. The van der Waals surface area contributed by atoms with Crippen LogP contribution in [0.15, 0.2) is 89.4 Å². The van der Waals surface area contributed by atoms with Crippen molar-refractivity contribution in [2.45, 2.75) is 32.4 Å². The molecular weight excluding hydrogens is 501 g/mol. The number of nitrogens with zero attached hydrogens (tertiary/aromatic N) is 3. The molecule has 0 amide bonds. The molecule has 0 fully saturated rings. The first-order chi connectivity index (χ1) is 17.6. The smallest absolute Gasteiger partial charge is 0.301 e. The van der Waals surface area contributed by atoms with E-state index < -0.39 is 22.0 Å². The molecule has 0 saturated carbocycles. The van der Waals surface area contributed by atoms with E-state index in [0.717, 1.165) is 38.8 Å². The van der Waals surface area contributed by atoms with Gasteiger partial charge in [-0.05, 0) is 54.7 Å². The van der Waals surface area contributed by atoms with E-state index in [1.807, 2.05) is 41.5 Å². The van der Waals surface area contributed by atoms with Crippen molar-refractivity contribution in [1.82, 2.24) is 14.7 Å². The molecule has 2 aliphatic carbocycles. The summed E-state index contributed by atoms with van der Waals surface area (Å²) in [4.78, 5) is 4.21. The number of hydrazine groups is 1. The fourth-order valence-electron chi connectivity index (χ4n) is 5.57. The monoisotopic (exact) mass is 530 g/mol. The average molecular weight is 531 g/mol. The number of hydrogen-bond donors (Lipinski definition) is 1. The molecule has 10 heteroatoms. The molecule has 1 N–H and O–H groups in total. The lowest BCUT2D eigenvalue weighted by atomic mass is 9.80. The summed E-state index contributed by atoms with van der Waals surface area (Å²) in [5.74, 6) is -1.99. The number of para-hydroxylation sites is 1. The van der Waals surface area contributed by atoms with Crippen LogP contribution in [0.2, 0.25) is 0 Å². The van der Waals surface area contributed by atoms with Crippen molar-refractivity contribution in [3.63, 3.8) is 0 Å². The normalized spacial score (nSPS) is 21.5. The summed E-state index contributed by atoms with van der Waals surface area (Å²) in [7, 11) is -4.55. The van der Waals surface area contributed by atoms with Crippen LogP contribution in [0.4, 0.5) is 18.9 Å². The molecule has 1 aromatic heterocycles. The van der Waals surface area contributed by atoms with Crippen molar-refractivity contribution in [2.24, 2.45) is 11.8 Å². The number of halogens is 3. The molecule has 0 saturated heterocycles. The number of hydrogen-bond acceptors (Lipinski definition) is 5. The molecule has 37 heavy (non-hydrogen) atoms. The molecule has 0 radical (unpaired) electrons. The Hall–Kier alpha value is -3.11. The number of rotatable bonds is 8. The van der Waals surface area contributed by atoms with Gasteiger partial charge in [-0.15, -0.1) is 0 Å². The quantitative estimate of drug-likeness (QED) is 0.522. The zero-order chi connectivity index (χ0) is 26.2. The van der Waals surface area contributed by atoms with E-state index in [2.05, 4.69) is 23.4 Å². The van der Waals surface area contributed by atoms with Crippen LogP contribution < -0.4 is 10.4 Å². The number of pyridine rings is 1. The molecule has 1 aliphatic heterocycles. The molecule has 1 aromatic carbocycles. The third kappa shape index (κ3) is 5.45. The van der Waals surface area contributed by atoms with Crippen molar-refractivity contribution < 1.29 is 21.6 Å². The zero-order valence-corrected chi connectivity index (χ0v) is 21.3. The summed E-state index contributed by atoms with van der Waals surface area (Å²) in [6, 6.07) is 15.2. The number of fused-ring (bicyclic) bond motifs is 1. The average Bonchev–Trinajstić information content (AvgIpc) is 3.46. The molecule has 2 atom stereocenters. The minimum Gasteiger partial charge on any atom is -0.301 e. The highest BCUT2D eigenvalue weighted by molar-refractivity contribution is 7.89. The molecule has 196 valence electrons. The molecule has 2 heterocycles. The van der Waals surface area contributed by atoms with Crippen molar-refractivity contribution >= 4 is 15.7 Å². The van der Waals surface area contributed by atoms with Gasteiger partial charge in [0.2, 0.25) is 10.0 Å². The van der Waals surface area contributed by atoms with E-state index in [-0.39, 0.29) is 31.3 Å². The summed E-state index contributed by atoms with van der Waals surface area (Å²) in [5, 5.41) is 2.02. The molecule has 6 nitrogen and oxygen atoms in total. The maximum absolute atomic E-state index is 13.2. The SMILES string of the molecule is C[C@H]1C2=CNN(c3ccccc3)C2=CC2=C1[C@@H](CN(CCc1ccccn1)S(=O)(=O)CC(F)(F)F)CC2. The lowest BCUT2D eigenvalue weighted by molar-refractivity contribution is -0.107. The molecule has 0 spiro atoms. The summed E-state index contributed by atoms with van der Waals surface area (Å²) in [5.41, 5.74) is 9.37. The van der Waals surface area contributed by atoms with E-state index in [0.29, 0.717) is 12.1 Å². The molecule has 2 aromatic rings. The van der Waals surface area contributed by atoms with Gasteiger partial charge >= 0.3 is 6.18 Å². The summed E-state index contributed by atoms with van der Waals surface area (Å²) in [6.45, 7) is 2.07. The van der Waals surface area contributed by atoms with Gasteiger partial charge in [0.05, 0.1) is 11.4 Å². The molecule has 3 aliphatic rings. The number of nitrogens with one attached hydrogen (secondary N) is 1. The van der Waals surface area contributed by atoms with Gasteiger partial charge in [-0.25, -0.2) is 12.7 Å². The molecule has 0 unspecified atom stereocenters. The van der Waals surface area contributed by atoms with Crippen molar-refractivity contribution in [3.8, 4) is 0 Å². The van der Waals surface area contributed by atoms with E-state index in [9.17, 15) is 21.6 Å². The van der Waals surface area contributed by atoms with Gasteiger partial charge in [0.25, 0.3) is 0 Å². The lowest BCUT2D eigenvalue weighted by Gasteiger charge is -2.32. The second-order valence-corrected chi connectivity index (χ2v) is 11.6. The molecule has 5 rings (SSSR count). The third-order valence-corrected chi connectivity index (χ3v) is 9.03. The predicted molar refractivity (Wildman–Crippen MR) is 136 cm³/mol. The Balaban J connectivity index is 1.40. The van der Waals surface area contributed by atoms with Gasteiger partial charge in [0, 0.05) is 49.1 Å². The van der Waals surface area contributed by atoms with Gasteiger partial charge in [0.1, 0.15) is 0 Å². The van der Waals surface area contributed by atoms with Crippen LogP contribution in [-0.4, -0.2) is 42.7 Å². The Morgan fingerprint density at radius 1 is 1.14 bits per heavy atom. The number of benzene rings is 1. The first kappa shape index (κ1) is 25.5. The summed E-state index contributed by atoms with van der Waals surface area (Å²) >= 11 is 0. The second kappa shape index (κ2) is 9.98. The number of allylic oxidation sites excluding steroid dienone is 3. The van der Waals surface area contributed by atoms with Crippen molar-refractivity contribution in [1.29, 1.82) is 0 Å². The van der Waals surface area contributed by atoms with Gasteiger partial charge in [0.15, 0.2) is 5.75 Å².